The largest absolute Gasteiger partial charge is 0.463 e. The summed E-state index contributed by atoms with van der Waals surface area (Å²) in [6.07, 6.45) is 0.730. The first-order valence-electron chi connectivity index (χ1n) is 6.90. The lowest BCUT2D eigenvalue weighted by molar-refractivity contribution is -0.139. The molecule has 0 atom stereocenters. The predicted molar refractivity (Wildman–Crippen MR) is 77.8 cm³/mol. The van der Waals surface area contributed by atoms with Crippen LogP contribution in [-0.2, 0) is 9.53 Å². The molecule has 0 spiro atoms. The predicted octanol–water partition coefficient (Wildman–Crippen LogP) is 5.12. The Bertz CT molecular complexity index is 425. The molecule has 0 rings (SSSR count). The molecule has 0 aliphatic carbocycles. The van der Waals surface area contributed by atoms with Crippen LogP contribution >= 0.6 is 0 Å². The molecule has 0 heterocycles. The van der Waals surface area contributed by atoms with Crippen LogP contribution in [-0.4, -0.2) is 18.8 Å². The Morgan fingerprint density at radius 1 is 1.14 bits per heavy atom. The molecule has 120 valence electrons. The highest BCUT2D eigenvalue weighted by molar-refractivity contribution is 5.88. The van der Waals surface area contributed by atoms with E-state index in [2.05, 4.69) is 10.8 Å². The van der Waals surface area contributed by atoms with Crippen LogP contribution in [0.3, 0.4) is 0 Å². The summed E-state index contributed by atoms with van der Waals surface area (Å²) in [7, 11) is 0. The van der Waals surface area contributed by atoms with Gasteiger partial charge in [0.05, 0.1) is 6.61 Å². The standard InChI is InChI=1S/C16H23F3O2/c1-5-21-15(20)14(11-16(17,18)19)10-9-13(4)8-6-7-12(2)3/h7,9,11H,5-6,8,10H2,1-4H3/b13-9+,14-11+. The third kappa shape index (κ3) is 10.9. The van der Waals surface area contributed by atoms with Crippen LogP contribution in [0.15, 0.2) is 34.9 Å². The molecule has 2 nitrogen and oxygen atoms in total. The van der Waals surface area contributed by atoms with Crippen LogP contribution in [0.1, 0.15) is 47.0 Å². The summed E-state index contributed by atoms with van der Waals surface area (Å²) < 4.78 is 41.9. The number of ether oxygens (including phenoxy) is 1. The third-order valence-corrected chi connectivity index (χ3v) is 2.64. The van der Waals surface area contributed by atoms with Crippen molar-refractivity contribution in [1.82, 2.24) is 0 Å². The van der Waals surface area contributed by atoms with E-state index in [1.54, 1.807) is 13.0 Å². The topological polar surface area (TPSA) is 26.3 Å². The maximum atomic E-state index is 12.4. The van der Waals surface area contributed by atoms with Crippen LogP contribution in [0, 0.1) is 0 Å². The monoisotopic (exact) mass is 304 g/mol. The van der Waals surface area contributed by atoms with E-state index in [0.717, 1.165) is 18.4 Å². The molecular formula is C16H23F3O2. The number of carbonyl (C=O) groups excluding carboxylic acids is 1. The molecular weight excluding hydrogens is 281 g/mol. The maximum Gasteiger partial charge on any atom is 0.410 e. The van der Waals surface area contributed by atoms with Gasteiger partial charge in [0.2, 0.25) is 0 Å². The molecule has 0 aliphatic rings. The first-order chi connectivity index (χ1) is 9.65. The molecule has 0 saturated carbocycles. The van der Waals surface area contributed by atoms with Crippen LogP contribution in [0.25, 0.3) is 0 Å². The average Bonchev–Trinajstić information content (AvgIpc) is 2.32. The summed E-state index contributed by atoms with van der Waals surface area (Å²) >= 11 is 0. The number of hydrogen-bond donors (Lipinski definition) is 0. The van der Waals surface area contributed by atoms with Crippen molar-refractivity contribution < 1.29 is 22.7 Å². The minimum Gasteiger partial charge on any atom is -0.463 e. The second-order valence-electron chi connectivity index (χ2n) is 5.01. The zero-order chi connectivity index (χ0) is 16.5. The van der Waals surface area contributed by atoms with Gasteiger partial charge in [0.1, 0.15) is 0 Å². The summed E-state index contributed by atoms with van der Waals surface area (Å²) in [4.78, 5) is 11.5. The maximum absolute atomic E-state index is 12.4. The van der Waals surface area contributed by atoms with E-state index in [1.165, 1.54) is 5.57 Å². The molecule has 0 aliphatic heterocycles. The first-order valence-corrected chi connectivity index (χ1v) is 6.90. The Kier molecular flexibility index (Phi) is 8.74. The van der Waals surface area contributed by atoms with Gasteiger partial charge in [0, 0.05) is 11.6 Å². The highest BCUT2D eigenvalue weighted by Gasteiger charge is 2.26. The van der Waals surface area contributed by atoms with E-state index < -0.39 is 12.1 Å². The number of esters is 1. The first kappa shape index (κ1) is 19.5. The lowest BCUT2D eigenvalue weighted by atomic mass is 10.1. The molecule has 0 amide bonds. The fraction of sp³-hybridized carbons (Fsp3) is 0.562. The lowest BCUT2D eigenvalue weighted by Crippen LogP contribution is -2.12. The van der Waals surface area contributed by atoms with Gasteiger partial charge in [-0.25, -0.2) is 4.79 Å². The van der Waals surface area contributed by atoms with Gasteiger partial charge in [0.15, 0.2) is 0 Å². The quantitative estimate of drug-likeness (QED) is 0.370. The zero-order valence-corrected chi connectivity index (χ0v) is 13.0. The second kappa shape index (κ2) is 9.42. The van der Waals surface area contributed by atoms with Crippen molar-refractivity contribution >= 4 is 5.97 Å². The van der Waals surface area contributed by atoms with Crippen molar-refractivity contribution in [2.45, 2.75) is 53.1 Å². The normalized spacial score (nSPS) is 13.1. The fourth-order valence-electron chi connectivity index (χ4n) is 1.60. The smallest absolute Gasteiger partial charge is 0.410 e. The van der Waals surface area contributed by atoms with E-state index in [1.807, 2.05) is 20.8 Å². The van der Waals surface area contributed by atoms with Crippen molar-refractivity contribution in [3.8, 4) is 0 Å². The molecule has 0 unspecified atom stereocenters. The van der Waals surface area contributed by atoms with Crippen molar-refractivity contribution in [2.24, 2.45) is 0 Å². The van der Waals surface area contributed by atoms with Gasteiger partial charge in [-0.1, -0.05) is 23.3 Å². The molecule has 0 N–H and O–H groups in total. The number of carbonyl (C=O) groups is 1. The average molecular weight is 304 g/mol. The van der Waals surface area contributed by atoms with Gasteiger partial charge in [-0.3, -0.25) is 0 Å². The molecule has 0 saturated heterocycles. The summed E-state index contributed by atoms with van der Waals surface area (Å²) in [6.45, 7) is 7.43. The fourth-order valence-corrected chi connectivity index (χ4v) is 1.60. The van der Waals surface area contributed by atoms with Crippen molar-refractivity contribution in [2.75, 3.05) is 6.61 Å². The SMILES string of the molecule is CCOC(=O)/C(=C/C(F)(F)F)C/C=C(\C)CCC=C(C)C. The molecule has 0 aromatic carbocycles. The Morgan fingerprint density at radius 2 is 1.76 bits per heavy atom. The van der Waals surface area contributed by atoms with Gasteiger partial charge in [-0.05, 0) is 47.0 Å². The van der Waals surface area contributed by atoms with E-state index >= 15 is 0 Å². The second-order valence-corrected chi connectivity index (χ2v) is 5.01. The van der Waals surface area contributed by atoms with Crippen molar-refractivity contribution in [1.29, 1.82) is 0 Å². The number of halogens is 3. The molecule has 21 heavy (non-hydrogen) atoms. The van der Waals surface area contributed by atoms with Crippen LogP contribution < -0.4 is 0 Å². The molecule has 0 radical (unpaired) electrons. The van der Waals surface area contributed by atoms with Crippen LogP contribution in [0.4, 0.5) is 13.2 Å². The highest BCUT2D eigenvalue weighted by Crippen LogP contribution is 2.22. The summed E-state index contributed by atoms with van der Waals surface area (Å²) in [5.41, 5.74) is 1.78. The van der Waals surface area contributed by atoms with Crippen LogP contribution in [0.2, 0.25) is 0 Å². The number of alkyl halides is 3. The Hall–Kier alpha value is -1.52. The Balaban J connectivity index is 4.79. The molecule has 0 bridgehead atoms. The summed E-state index contributed by atoms with van der Waals surface area (Å²) in [5.74, 6) is -0.914. The minimum absolute atomic E-state index is 0.0187. The van der Waals surface area contributed by atoms with Gasteiger partial charge in [0.25, 0.3) is 0 Å². The van der Waals surface area contributed by atoms with Gasteiger partial charge >= 0.3 is 12.1 Å². The minimum atomic E-state index is -4.52. The van der Waals surface area contributed by atoms with Crippen molar-refractivity contribution in [3.05, 3.63) is 34.9 Å². The number of rotatable bonds is 7. The zero-order valence-electron chi connectivity index (χ0n) is 13.0. The Labute approximate surface area is 124 Å². The van der Waals surface area contributed by atoms with Gasteiger partial charge < -0.3 is 4.74 Å². The molecule has 0 aromatic rings. The summed E-state index contributed by atoms with van der Waals surface area (Å²) in [5, 5.41) is 0. The molecule has 5 heteroatoms. The number of allylic oxidation sites excluding steroid dienone is 5. The van der Waals surface area contributed by atoms with Crippen molar-refractivity contribution in [3.63, 3.8) is 0 Å². The van der Waals surface area contributed by atoms with E-state index in [4.69, 9.17) is 0 Å². The summed E-state index contributed by atoms with van der Waals surface area (Å²) in [6, 6.07) is 0. The van der Waals surface area contributed by atoms with Gasteiger partial charge in [-0.2, -0.15) is 13.2 Å². The van der Waals surface area contributed by atoms with E-state index in [-0.39, 0.29) is 24.7 Å². The van der Waals surface area contributed by atoms with Crippen LogP contribution in [0.5, 0.6) is 0 Å². The van der Waals surface area contributed by atoms with Gasteiger partial charge in [-0.15, -0.1) is 0 Å². The van der Waals surface area contributed by atoms with E-state index in [9.17, 15) is 18.0 Å². The lowest BCUT2D eigenvalue weighted by Gasteiger charge is -2.07. The molecule has 0 aromatic heterocycles. The van der Waals surface area contributed by atoms with E-state index in [0.29, 0.717) is 0 Å². The molecule has 0 fully saturated rings. The number of hydrogen-bond acceptors (Lipinski definition) is 2. The Morgan fingerprint density at radius 3 is 2.24 bits per heavy atom. The highest BCUT2D eigenvalue weighted by atomic mass is 19.4. The third-order valence-electron chi connectivity index (χ3n) is 2.64.